The zero-order valence-electron chi connectivity index (χ0n) is 12.1. The zero-order valence-corrected chi connectivity index (χ0v) is 12.9. The van der Waals surface area contributed by atoms with Crippen molar-refractivity contribution < 1.29 is 4.74 Å². The molecule has 0 unspecified atom stereocenters. The predicted molar refractivity (Wildman–Crippen MR) is 85.6 cm³/mol. The maximum atomic E-state index is 6.23. The molecule has 1 aromatic carbocycles. The fourth-order valence-corrected chi connectivity index (χ4v) is 2.56. The van der Waals surface area contributed by atoms with E-state index in [1.165, 1.54) is 5.56 Å². The maximum absolute atomic E-state index is 6.23. The molecule has 1 aliphatic rings. The molecule has 2 aromatic rings. The predicted octanol–water partition coefficient (Wildman–Crippen LogP) is 3.83. The summed E-state index contributed by atoms with van der Waals surface area (Å²) >= 11 is 6.23. The number of nitrogens with zero attached hydrogens (tertiary/aromatic N) is 1. The smallest absolute Gasteiger partial charge is 0.138 e. The SMILES string of the molecule is Cc1cccc(-c2cc(OCC3(CN)CC3)cnc2Cl)c1. The Hall–Kier alpha value is -1.58. The van der Waals surface area contributed by atoms with Gasteiger partial charge < -0.3 is 10.5 Å². The Kier molecular flexibility index (Phi) is 3.87. The first-order chi connectivity index (χ1) is 10.1. The van der Waals surface area contributed by atoms with Crippen LogP contribution in [0, 0.1) is 12.3 Å². The summed E-state index contributed by atoms with van der Waals surface area (Å²) < 4.78 is 5.87. The first-order valence-electron chi connectivity index (χ1n) is 7.17. The van der Waals surface area contributed by atoms with E-state index in [9.17, 15) is 0 Å². The summed E-state index contributed by atoms with van der Waals surface area (Å²) in [5.41, 5.74) is 9.10. The van der Waals surface area contributed by atoms with Gasteiger partial charge in [-0.2, -0.15) is 0 Å². The fraction of sp³-hybridized carbons (Fsp3) is 0.353. The van der Waals surface area contributed by atoms with E-state index in [2.05, 4.69) is 24.0 Å². The number of aryl methyl sites for hydroxylation is 1. The molecule has 0 amide bonds. The number of rotatable bonds is 5. The molecule has 1 fully saturated rings. The maximum Gasteiger partial charge on any atom is 0.138 e. The molecule has 1 saturated carbocycles. The van der Waals surface area contributed by atoms with Gasteiger partial charge in [0.05, 0.1) is 12.8 Å². The highest BCUT2D eigenvalue weighted by molar-refractivity contribution is 6.32. The Bertz CT molecular complexity index is 653. The Labute approximate surface area is 130 Å². The van der Waals surface area contributed by atoms with Crippen LogP contribution in [0.3, 0.4) is 0 Å². The summed E-state index contributed by atoms with van der Waals surface area (Å²) in [6, 6.07) is 10.2. The van der Waals surface area contributed by atoms with E-state index in [1.54, 1.807) is 6.20 Å². The molecular formula is C17H19ClN2O. The molecule has 3 nitrogen and oxygen atoms in total. The highest BCUT2D eigenvalue weighted by atomic mass is 35.5. The molecule has 21 heavy (non-hydrogen) atoms. The third-order valence-corrected chi connectivity index (χ3v) is 4.38. The molecule has 1 aliphatic carbocycles. The average Bonchev–Trinajstić information content (AvgIpc) is 3.27. The van der Waals surface area contributed by atoms with Gasteiger partial charge in [0.25, 0.3) is 0 Å². The van der Waals surface area contributed by atoms with Crippen LogP contribution in [0.1, 0.15) is 18.4 Å². The van der Waals surface area contributed by atoms with Crippen LogP contribution in [0.4, 0.5) is 0 Å². The van der Waals surface area contributed by atoms with E-state index in [0.29, 0.717) is 18.3 Å². The van der Waals surface area contributed by atoms with E-state index in [4.69, 9.17) is 22.1 Å². The van der Waals surface area contributed by atoms with Crippen molar-refractivity contribution in [1.82, 2.24) is 4.98 Å². The van der Waals surface area contributed by atoms with Crippen molar-refractivity contribution in [2.45, 2.75) is 19.8 Å². The Balaban J connectivity index is 1.83. The molecule has 0 bridgehead atoms. The van der Waals surface area contributed by atoms with Crippen LogP contribution in [-0.4, -0.2) is 18.1 Å². The highest BCUT2D eigenvalue weighted by Gasteiger charge is 2.42. The Morgan fingerprint density at radius 1 is 1.33 bits per heavy atom. The van der Waals surface area contributed by atoms with Gasteiger partial charge in [-0.25, -0.2) is 4.98 Å². The second-order valence-electron chi connectivity index (χ2n) is 5.87. The molecule has 0 radical (unpaired) electrons. The monoisotopic (exact) mass is 302 g/mol. The summed E-state index contributed by atoms with van der Waals surface area (Å²) in [6.07, 6.45) is 3.97. The standard InChI is InChI=1S/C17H19ClN2O/c1-12-3-2-4-13(7-12)15-8-14(9-20-16(15)18)21-11-17(10-19)5-6-17/h2-4,7-9H,5-6,10-11,19H2,1H3. The van der Waals surface area contributed by atoms with Gasteiger partial charge in [-0.05, 0) is 31.4 Å². The lowest BCUT2D eigenvalue weighted by Gasteiger charge is -2.14. The fourth-order valence-electron chi connectivity index (χ4n) is 2.34. The minimum Gasteiger partial charge on any atom is -0.491 e. The molecule has 0 saturated heterocycles. The van der Waals surface area contributed by atoms with Crippen LogP contribution in [0.2, 0.25) is 5.15 Å². The summed E-state index contributed by atoms with van der Waals surface area (Å²) in [4.78, 5) is 4.24. The Morgan fingerprint density at radius 3 is 2.81 bits per heavy atom. The normalized spacial score (nSPS) is 15.8. The largest absolute Gasteiger partial charge is 0.491 e. The summed E-state index contributed by atoms with van der Waals surface area (Å²) in [5, 5.41) is 0.493. The molecule has 3 rings (SSSR count). The molecule has 0 spiro atoms. The topological polar surface area (TPSA) is 48.1 Å². The number of hydrogen-bond acceptors (Lipinski definition) is 3. The highest BCUT2D eigenvalue weighted by Crippen LogP contribution is 2.44. The number of aromatic nitrogens is 1. The van der Waals surface area contributed by atoms with E-state index >= 15 is 0 Å². The van der Waals surface area contributed by atoms with Crippen molar-refractivity contribution in [1.29, 1.82) is 0 Å². The van der Waals surface area contributed by atoms with Gasteiger partial charge in [0.1, 0.15) is 10.9 Å². The van der Waals surface area contributed by atoms with E-state index in [0.717, 1.165) is 29.7 Å². The summed E-state index contributed by atoms with van der Waals surface area (Å²) in [6.45, 7) is 3.39. The number of hydrogen-bond donors (Lipinski definition) is 1. The van der Waals surface area contributed by atoms with Crippen molar-refractivity contribution in [2.75, 3.05) is 13.2 Å². The Morgan fingerprint density at radius 2 is 2.14 bits per heavy atom. The van der Waals surface area contributed by atoms with Crippen LogP contribution in [0.5, 0.6) is 5.75 Å². The van der Waals surface area contributed by atoms with Gasteiger partial charge in [0, 0.05) is 17.5 Å². The lowest BCUT2D eigenvalue weighted by atomic mass is 10.1. The molecule has 2 N–H and O–H groups in total. The van der Waals surface area contributed by atoms with E-state index < -0.39 is 0 Å². The zero-order chi connectivity index (χ0) is 14.9. The van der Waals surface area contributed by atoms with Gasteiger partial charge in [0.15, 0.2) is 0 Å². The molecule has 1 aromatic heterocycles. The number of nitrogens with two attached hydrogens (primary N) is 1. The van der Waals surface area contributed by atoms with E-state index in [1.807, 2.05) is 18.2 Å². The van der Waals surface area contributed by atoms with Crippen molar-refractivity contribution in [3.63, 3.8) is 0 Å². The van der Waals surface area contributed by atoms with Crippen LogP contribution in [0.25, 0.3) is 11.1 Å². The van der Waals surface area contributed by atoms with Crippen LogP contribution in [0.15, 0.2) is 36.5 Å². The second kappa shape index (κ2) is 5.66. The quantitative estimate of drug-likeness (QED) is 0.854. The van der Waals surface area contributed by atoms with Gasteiger partial charge in [-0.15, -0.1) is 0 Å². The molecule has 4 heteroatoms. The first kappa shape index (κ1) is 14.4. The molecular weight excluding hydrogens is 284 g/mol. The number of ether oxygens (including phenoxy) is 1. The van der Waals surface area contributed by atoms with Crippen LogP contribution < -0.4 is 10.5 Å². The third kappa shape index (κ3) is 3.20. The van der Waals surface area contributed by atoms with E-state index in [-0.39, 0.29) is 5.41 Å². The number of halogens is 1. The molecule has 1 heterocycles. The third-order valence-electron chi connectivity index (χ3n) is 4.08. The van der Waals surface area contributed by atoms with Crippen molar-refractivity contribution >= 4 is 11.6 Å². The van der Waals surface area contributed by atoms with Gasteiger partial charge in [-0.1, -0.05) is 41.4 Å². The number of benzene rings is 1. The van der Waals surface area contributed by atoms with Crippen LogP contribution in [-0.2, 0) is 0 Å². The van der Waals surface area contributed by atoms with Crippen LogP contribution >= 0.6 is 11.6 Å². The van der Waals surface area contributed by atoms with Crippen molar-refractivity contribution in [2.24, 2.45) is 11.1 Å². The van der Waals surface area contributed by atoms with Crippen molar-refractivity contribution in [3.05, 3.63) is 47.2 Å². The lowest BCUT2D eigenvalue weighted by Crippen LogP contribution is -2.22. The average molecular weight is 303 g/mol. The minimum absolute atomic E-state index is 0.184. The second-order valence-corrected chi connectivity index (χ2v) is 6.23. The summed E-state index contributed by atoms with van der Waals surface area (Å²) in [5.74, 6) is 0.746. The van der Waals surface area contributed by atoms with Gasteiger partial charge in [0.2, 0.25) is 0 Å². The minimum atomic E-state index is 0.184. The van der Waals surface area contributed by atoms with Gasteiger partial charge >= 0.3 is 0 Å². The van der Waals surface area contributed by atoms with Crippen molar-refractivity contribution in [3.8, 4) is 16.9 Å². The first-order valence-corrected chi connectivity index (χ1v) is 7.55. The molecule has 0 atom stereocenters. The molecule has 0 aliphatic heterocycles. The van der Waals surface area contributed by atoms with Gasteiger partial charge in [-0.3, -0.25) is 0 Å². The number of pyridine rings is 1. The lowest BCUT2D eigenvalue weighted by molar-refractivity contribution is 0.238. The summed E-state index contributed by atoms with van der Waals surface area (Å²) in [7, 11) is 0. The molecule has 110 valence electrons.